The maximum absolute atomic E-state index is 9.46. The Morgan fingerprint density at radius 3 is 2.42 bits per heavy atom. The standard InChI is InChI=1S/C15H24N2O2/c1-12-3-4-15(13(2)9-12)17-7-5-16(6-8-17)10-14(19)11-18/h3-4,9,14,18-19H,5-8,10-11H2,1-2H3. The van der Waals surface area contributed by atoms with E-state index in [4.69, 9.17) is 5.11 Å². The van der Waals surface area contributed by atoms with E-state index in [2.05, 4.69) is 41.8 Å². The van der Waals surface area contributed by atoms with Gasteiger partial charge in [-0.1, -0.05) is 17.7 Å². The number of piperazine rings is 1. The Balaban J connectivity index is 1.92. The summed E-state index contributed by atoms with van der Waals surface area (Å²) in [7, 11) is 0. The van der Waals surface area contributed by atoms with Crippen LogP contribution in [0.15, 0.2) is 18.2 Å². The van der Waals surface area contributed by atoms with E-state index in [9.17, 15) is 5.11 Å². The summed E-state index contributed by atoms with van der Waals surface area (Å²) in [5.74, 6) is 0. The molecule has 1 aromatic carbocycles. The molecule has 0 aromatic heterocycles. The lowest BCUT2D eigenvalue weighted by molar-refractivity contribution is 0.0575. The maximum Gasteiger partial charge on any atom is 0.0897 e. The van der Waals surface area contributed by atoms with Gasteiger partial charge in [-0.15, -0.1) is 0 Å². The SMILES string of the molecule is Cc1ccc(N2CCN(CC(O)CO)CC2)c(C)c1. The van der Waals surface area contributed by atoms with Crippen LogP contribution in [0.4, 0.5) is 5.69 Å². The van der Waals surface area contributed by atoms with Gasteiger partial charge in [-0.3, -0.25) is 4.90 Å². The predicted octanol–water partition coefficient (Wildman–Crippen LogP) is 0.779. The largest absolute Gasteiger partial charge is 0.394 e. The fourth-order valence-corrected chi connectivity index (χ4v) is 2.69. The molecule has 106 valence electrons. The Hall–Kier alpha value is -1.10. The third-order valence-corrected chi connectivity index (χ3v) is 3.74. The molecule has 1 unspecified atom stereocenters. The first-order chi connectivity index (χ1) is 9.10. The van der Waals surface area contributed by atoms with Gasteiger partial charge >= 0.3 is 0 Å². The van der Waals surface area contributed by atoms with Crippen LogP contribution in [0.3, 0.4) is 0 Å². The van der Waals surface area contributed by atoms with Crippen LogP contribution < -0.4 is 4.90 Å². The highest BCUT2D eigenvalue weighted by molar-refractivity contribution is 5.54. The fourth-order valence-electron chi connectivity index (χ4n) is 2.69. The van der Waals surface area contributed by atoms with Gasteiger partial charge in [0.2, 0.25) is 0 Å². The molecule has 0 spiro atoms. The average Bonchev–Trinajstić information content (AvgIpc) is 2.40. The van der Waals surface area contributed by atoms with Crippen molar-refractivity contribution in [3.05, 3.63) is 29.3 Å². The highest BCUT2D eigenvalue weighted by Crippen LogP contribution is 2.22. The zero-order chi connectivity index (χ0) is 13.8. The number of hydrogen-bond donors (Lipinski definition) is 2. The van der Waals surface area contributed by atoms with E-state index in [0.29, 0.717) is 6.54 Å². The molecule has 0 amide bonds. The number of aryl methyl sites for hydroxylation is 2. The first-order valence-corrected chi connectivity index (χ1v) is 6.93. The van der Waals surface area contributed by atoms with Gasteiger partial charge in [-0.2, -0.15) is 0 Å². The topological polar surface area (TPSA) is 46.9 Å². The molecular formula is C15H24N2O2. The zero-order valence-corrected chi connectivity index (χ0v) is 11.8. The van der Waals surface area contributed by atoms with E-state index in [-0.39, 0.29) is 6.61 Å². The normalized spacial score (nSPS) is 18.6. The van der Waals surface area contributed by atoms with Crippen LogP contribution in [-0.4, -0.2) is 60.5 Å². The van der Waals surface area contributed by atoms with Gasteiger partial charge in [0, 0.05) is 38.4 Å². The van der Waals surface area contributed by atoms with E-state index < -0.39 is 6.10 Å². The lowest BCUT2D eigenvalue weighted by Crippen LogP contribution is -2.49. The second-order valence-electron chi connectivity index (χ2n) is 5.41. The van der Waals surface area contributed by atoms with Crippen LogP contribution in [0.25, 0.3) is 0 Å². The van der Waals surface area contributed by atoms with Crippen molar-refractivity contribution >= 4 is 5.69 Å². The lowest BCUT2D eigenvalue weighted by Gasteiger charge is -2.37. The van der Waals surface area contributed by atoms with Gasteiger partial charge in [-0.25, -0.2) is 0 Å². The summed E-state index contributed by atoms with van der Waals surface area (Å²) >= 11 is 0. The van der Waals surface area contributed by atoms with E-state index in [1.54, 1.807) is 0 Å². The number of β-amino-alcohol motifs (C(OH)–C–C–N with tert-alkyl or cyclic N) is 1. The van der Waals surface area contributed by atoms with Crippen molar-refractivity contribution in [3.8, 4) is 0 Å². The minimum absolute atomic E-state index is 0.155. The molecule has 2 N–H and O–H groups in total. The van der Waals surface area contributed by atoms with E-state index in [1.807, 2.05) is 0 Å². The van der Waals surface area contributed by atoms with Crippen molar-refractivity contribution in [3.63, 3.8) is 0 Å². The van der Waals surface area contributed by atoms with E-state index in [0.717, 1.165) is 26.2 Å². The minimum atomic E-state index is -0.618. The van der Waals surface area contributed by atoms with Crippen LogP contribution in [0.2, 0.25) is 0 Å². The summed E-state index contributed by atoms with van der Waals surface area (Å²) < 4.78 is 0. The van der Waals surface area contributed by atoms with Gasteiger partial charge in [0.05, 0.1) is 12.7 Å². The monoisotopic (exact) mass is 264 g/mol. The number of rotatable bonds is 4. The smallest absolute Gasteiger partial charge is 0.0897 e. The number of aliphatic hydroxyl groups excluding tert-OH is 2. The van der Waals surface area contributed by atoms with Crippen LogP contribution in [0.5, 0.6) is 0 Å². The Morgan fingerprint density at radius 1 is 1.16 bits per heavy atom. The summed E-state index contributed by atoms with van der Waals surface area (Å²) in [6.45, 7) is 8.50. The molecule has 0 saturated carbocycles. The summed E-state index contributed by atoms with van der Waals surface area (Å²) in [5.41, 5.74) is 3.93. The summed E-state index contributed by atoms with van der Waals surface area (Å²) in [4.78, 5) is 4.61. The average molecular weight is 264 g/mol. The van der Waals surface area contributed by atoms with Crippen LogP contribution in [0.1, 0.15) is 11.1 Å². The summed E-state index contributed by atoms with van der Waals surface area (Å²) in [6.07, 6.45) is -0.618. The van der Waals surface area contributed by atoms with Gasteiger partial charge in [0.1, 0.15) is 0 Å². The summed E-state index contributed by atoms with van der Waals surface area (Å²) in [6, 6.07) is 6.57. The van der Waals surface area contributed by atoms with Gasteiger partial charge < -0.3 is 15.1 Å². The van der Waals surface area contributed by atoms with Crippen molar-refractivity contribution < 1.29 is 10.2 Å². The predicted molar refractivity (Wildman–Crippen MR) is 77.7 cm³/mol. The van der Waals surface area contributed by atoms with Gasteiger partial charge in [0.25, 0.3) is 0 Å². The van der Waals surface area contributed by atoms with Crippen LogP contribution >= 0.6 is 0 Å². The Bertz CT molecular complexity index is 415. The molecule has 0 radical (unpaired) electrons. The van der Waals surface area contributed by atoms with Crippen molar-refractivity contribution in [2.24, 2.45) is 0 Å². The van der Waals surface area contributed by atoms with Crippen molar-refractivity contribution in [2.75, 3.05) is 44.2 Å². The number of nitrogens with zero attached hydrogens (tertiary/aromatic N) is 2. The molecule has 1 aromatic rings. The Morgan fingerprint density at radius 2 is 1.84 bits per heavy atom. The molecule has 0 bridgehead atoms. The Labute approximate surface area is 115 Å². The van der Waals surface area contributed by atoms with E-state index in [1.165, 1.54) is 16.8 Å². The van der Waals surface area contributed by atoms with Gasteiger partial charge in [0.15, 0.2) is 0 Å². The van der Waals surface area contributed by atoms with Crippen LogP contribution in [0, 0.1) is 13.8 Å². The molecule has 1 atom stereocenters. The van der Waals surface area contributed by atoms with Gasteiger partial charge in [-0.05, 0) is 25.5 Å². The molecule has 1 fully saturated rings. The molecule has 2 rings (SSSR count). The second kappa shape index (κ2) is 6.37. The first kappa shape index (κ1) is 14.3. The van der Waals surface area contributed by atoms with Crippen LogP contribution in [-0.2, 0) is 0 Å². The zero-order valence-electron chi connectivity index (χ0n) is 11.8. The third-order valence-electron chi connectivity index (χ3n) is 3.74. The quantitative estimate of drug-likeness (QED) is 0.843. The molecular weight excluding hydrogens is 240 g/mol. The molecule has 19 heavy (non-hydrogen) atoms. The molecule has 1 aliphatic rings. The molecule has 4 nitrogen and oxygen atoms in total. The number of aliphatic hydroxyl groups is 2. The molecule has 1 saturated heterocycles. The number of anilines is 1. The first-order valence-electron chi connectivity index (χ1n) is 6.93. The summed E-state index contributed by atoms with van der Waals surface area (Å²) in [5, 5.41) is 18.3. The second-order valence-corrected chi connectivity index (χ2v) is 5.41. The number of hydrogen-bond acceptors (Lipinski definition) is 4. The highest BCUT2D eigenvalue weighted by atomic mass is 16.3. The molecule has 1 aliphatic heterocycles. The third kappa shape index (κ3) is 3.69. The van der Waals surface area contributed by atoms with E-state index >= 15 is 0 Å². The van der Waals surface area contributed by atoms with Crippen molar-refractivity contribution in [1.29, 1.82) is 0 Å². The number of benzene rings is 1. The molecule has 0 aliphatic carbocycles. The molecule has 1 heterocycles. The fraction of sp³-hybridized carbons (Fsp3) is 0.600. The lowest BCUT2D eigenvalue weighted by atomic mass is 10.1. The molecule has 4 heteroatoms. The van der Waals surface area contributed by atoms with Crippen molar-refractivity contribution in [2.45, 2.75) is 20.0 Å². The highest BCUT2D eigenvalue weighted by Gasteiger charge is 2.19. The van der Waals surface area contributed by atoms with Crippen molar-refractivity contribution in [1.82, 2.24) is 4.90 Å². The maximum atomic E-state index is 9.46. The Kier molecular flexibility index (Phi) is 4.80. The minimum Gasteiger partial charge on any atom is -0.394 e.